The van der Waals surface area contributed by atoms with E-state index in [1.807, 2.05) is 53.6 Å². The van der Waals surface area contributed by atoms with Crippen LogP contribution in [0.2, 0.25) is 0 Å². The Bertz CT molecular complexity index is 1090. The molecule has 0 saturated carbocycles. The Kier molecular flexibility index (Phi) is 5.11. The molecule has 158 valence electrons. The van der Waals surface area contributed by atoms with Crippen molar-refractivity contribution in [2.45, 2.75) is 26.8 Å². The molecule has 4 rings (SSSR count). The molecule has 3 aromatic rings. The van der Waals surface area contributed by atoms with E-state index in [4.69, 9.17) is 10.5 Å². The van der Waals surface area contributed by atoms with E-state index in [2.05, 4.69) is 27.2 Å². The zero-order valence-corrected chi connectivity index (χ0v) is 17.7. The Labute approximate surface area is 175 Å². The summed E-state index contributed by atoms with van der Waals surface area (Å²) in [6, 6.07) is 9.34. The molecule has 1 fully saturated rings. The zero-order valence-electron chi connectivity index (χ0n) is 17.7. The molecular weight excluding hydrogens is 382 g/mol. The van der Waals surface area contributed by atoms with Crippen LogP contribution in [0.25, 0.3) is 5.65 Å². The molecule has 0 unspecified atom stereocenters. The quantitative estimate of drug-likeness (QED) is 0.690. The van der Waals surface area contributed by atoms with Crippen LogP contribution in [0.15, 0.2) is 30.3 Å². The van der Waals surface area contributed by atoms with Crippen LogP contribution in [-0.4, -0.2) is 58.3 Å². The number of urea groups is 1. The Morgan fingerprint density at radius 2 is 2.03 bits per heavy atom. The van der Waals surface area contributed by atoms with E-state index in [1.54, 1.807) is 7.11 Å². The average Bonchev–Trinajstić information content (AvgIpc) is 3.08. The predicted molar refractivity (Wildman–Crippen MR) is 117 cm³/mol. The number of benzene rings is 1. The van der Waals surface area contributed by atoms with Crippen LogP contribution in [-0.2, 0) is 0 Å². The summed E-state index contributed by atoms with van der Waals surface area (Å²) in [7, 11) is 1.63. The highest BCUT2D eigenvalue weighted by Crippen LogP contribution is 2.25. The molecule has 1 atom stereocenters. The summed E-state index contributed by atoms with van der Waals surface area (Å²) >= 11 is 0. The lowest BCUT2D eigenvalue weighted by Crippen LogP contribution is -2.55. The fraction of sp³-hybridized carbons (Fsp3) is 0.381. The first kappa shape index (κ1) is 19.8. The van der Waals surface area contributed by atoms with Gasteiger partial charge >= 0.3 is 6.03 Å². The smallest absolute Gasteiger partial charge is 0.321 e. The van der Waals surface area contributed by atoms with Crippen LogP contribution < -0.4 is 20.7 Å². The summed E-state index contributed by atoms with van der Waals surface area (Å²) < 4.78 is 7.05. The molecule has 0 aliphatic carbocycles. The fourth-order valence-electron chi connectivity index (χ4n) is 3.88. The van der Waals surface area contributed by atoms with Crippen LogP contribution in [0.1, 0.15) is 18.2 Å². The number of nitrogens with one attached hydrogen (secondary N) is 1. The van der Waals surface area contributed by atoms with E-state index in [0.29, 0.717) is 25.5 Å². The summed E-state index contributed by atoms with van der Waals surface area (Å²) in [4.78, 5) is 21.3. The predicted octanol–water partition coefficient (Wildman–Crippen LogP) is 2.68. The van der Waals surface area contributed by atoms with Crippen molar-refractivity contribution in [3.63, 3.8) is 0 Å². The number of amides is 2. The lowest BCUT2D eigenvalue weighted by Gasteiger charge is -2.41. The van der Waals surface area contributed by atoms with Gasteiger partial charge in [0.25, 0.3) is 0 Å². The van der Waals surface area contributed by atoms with Crippen molar-refractivity contribution in [3.05, 3.63) is 41.6 Å². The number of aryl methyl sites for hydroxylation is 2. The van der Waals surface area contributed by atoms with Crippen LogP contribution >= 0.6 is 0 Å². The van der Waals surface area contributed by atoms with E-state index < -0.39 is 0 Å². The molecule has 2 aromatic heterocycles. The number of carbonyl (C=O) groups excluding carboxylic acids is 1. The van der Waals surface area contributed by atoms with Crippen molar-refractivity contribution >= 4 is 29.0 Å². The lowest BCUT2D eigenvalue weighted by molar-refractivity contribution is 0.200. The second kappa shape index (κ2) is 7.74. The highest BCUT2D eigenvalue weighted by Gasteiger charge is 2.29. The van der Waals surface area contributed by atoms with Gasteiger partial charge in [-0.2, -0.15) is 9.61 Å². The average molecular weight is 409 g/mol. The summed E-state index contributed by atoms with van der Waals surface area (Å²) in [5, 5.41) is 7.57. The highest BCUT2D eigenvalue weighted by atomic mass is 16.5. The van der Waals surface area contributed by atoms with Crippen LogP contribution in [0.5, 0.6) is 5.75 Å². The maximum atomic E-state index is 12.9. The van der Waals surface area contributed by atoms with E-state index in [9.17, 15) is 4.79 Å². The fourth-order valence-corrected chi connectivity index (χ4v) is 3.88. The normalized spacial score (nSPS) is 16.7. The number of ether oxygens (including phenoxy) is 1. The number of piperazine rings is 1. The number of rotatable bonds is 3. The van der Waals surface area contributed by atoms with Gasteiger partial charge in [-0.1, -0.05) is 0 Å². The standard InChI is InChI=1S/C21H27N7O2/c1-13-9-16(30-4)5-6-17(13)23-21(29)26-7-8-27(15(3)12-26)20-11-18(22)24-19-10-14(2)25-28(19)20/h5-6,9-11,15H,7-8,12H2,1-4H3,(H2,22,24)(H,23,29)/t15-/m0/s1. The van der Waals surface area contributed by atoms with Crippen molar-refractivity contribution in [1.82, 2.24) is 19.5 Å². The molecular formula is C21H27N7O2. The van der Waals surface area contributed by atoms with Gasteiger partial charge in [-0.25, -0.2) is 9.78 Å². The number of methoxy groups -OCH3 is 1. The second-order valence-electron chi connectivity index (χ2n) is 7.69. The minimum Gasteiger partial charge on any atom is -0.497 e. The first-order chi connectivity index (χ1) is 14.4. The molecule has 0 spiro atoms. The molecule has 1 aromatic carbocycles. The Balaban J connectivity index is 1.49. The van der Waals surface area contributed by atoms with Crippen molar-refractivity contribution in [2.24, 2.45) is 0 Å². The van der Waals surface area contributed by atoms with Gasteiger partial charge in [0.15, 0.2) is 5.65 Å². The van der Waals surface area contributed by atoms with Gasteiger partial charge < -0.3 is 25.6 Å². The van der Waals surface area contributed by atoms with E-state index >= 15 is 0 Å². The number of hydrogen-bond donors (Lipinski definition) is 2. The Morgan fingerprint density at radius 3 is 2.73 bits per heavy atom. The van der Waals surface area contributed by atoms with Crippen LogP contribution in [0.3, 0.4) is 0 Å². The third-order valence-electron chi connectivity index (χ3n) is 5.43. The van der Waals surface area contributed by atoms with E-state index in [1.165, 1.54) is 0 Å². The lowest BCUT2D eigenvalue weighted by atomic mass is 10.2. The summed E-state index contributed by atoms with van der Waals surface area (Å²) in [5.74, 6) is 2.12. The second-order valence-corrected chi connectivity index (χ2v) is 7.69. The van der Waals surface area contributed by atoms with Crippen LogP contribution in [0.4, 0.5) is 22.1 Å². The molecule has 2 amide bonds. The van der Waals surface area contributed by atoms with Crippen LogP contribution in [0, 0.1) is 13.8 Å². The molecule has 0 bridgehead atoms. The number of carbonyl (C=O) groups is 1. The van der Waals surface area contributed by atoms with Gasteiger partial charge in [0.05, 0.1) is 12.8 Å². The molecule has 3 N–H and O–H groups in total. The van der Waals surface area contributed by atoms with Gasteiger partial charge in [-0.15, -0.1) is 0 Å². The minimum absolute atomic E-state index is 0.0935. The maximum Gasteiger partial charge on any atom is 0.321 e. The van der Waals surface area contributed by atoms with Gasteiger partial charge in [0, 0.05) is 43.5 Å². The first-order valence-electron chi connectivity index (χ1n) is 9.96. The third-order valence-corrected chi connectivity index (χ3v) is 5.43. The molecule has 9 heteroatoms. The number of nitrogens with zero attached hydrogens (tertiary/aromatic N) is 5. The van der Waals surface area contributed by atoms with Crippen molar-refractivity contribution in [3.8, 4) is 5.75 Å². The summed E-state index contributed by atoms with van der Waals surface area (Å²) in [5.41, 5.74) is 9.37. The monoisotopic (exact) mass is 409 g/mol. The number of fused-ring (bicyclic) bond motifs is 1. The van der Waals surface area contributed by atoms with E-state index in [-0.39, 0.29) is 12.1 Å². The SMILES string of the molecule is COc1ccc(NC(=O)N2CCN(c3cc(N)nc4cc(C)nn34)[C@@H](C)C2)c(C)c1. The zero-order chi connectivity index (χ0) is 21.4. The largest absolute Gasteiger partial charge is 0.497 e. The number of aromatic nitrogens is 3. The number of anilines is 3. The van der Waals surface area contributed by atoms with Crippen molar-refractivity contribution in [1.29, 1.82) is 0 Å². The number of hydrogen-bond acceptors (Lipinski definition) is 6. The maximum absolute atomic E-state index is 12.9. The minimum atomic E-state index is -0.107. The summed E-state index contributed by atoms with van der Waals surface area (Å²) in [6.45, 7) is 7.83. The third kappa shape index (κ3) is 3.70. The number of nitrogens with two attached hydrogens (primary N) is 1. The van der Waals surface area contributed by atoms with Gasteiger partial charge in [-0.3, -0.25) is 0 Å². The Morgan fingerprint density at radius 1 is 1.23 bits per heavy atom. The van der Waals surface area contributed by atoms with E-state index in [0.717, 1.165) is 34.2 Å². The van der Waals surface area contributed by atoms with Gasteiger partial charge in [0.1, 0.15) is 17.4 Å². The topological polar surface area (TPSA) is 101 Å². The highest BCUT2D eigenvalue weighted by molar-refractivity contribution is 5.90. The molecule has 1 aliphatic rings. The molecule has 1 saturated heterocycles. The van der Waals surface area contributed by atoms with Gasteiger partial charge in [-0.05, 0) is 44.5 Å². The molecule has 3 heterocycles. The van der Waals surface area contributed by atoms with Crippen molar-refractivity contribution in [2.75, 3.05) is 42.7 Å². The Hall–Kier alpha value is -3.49. The molecule has 9 nitrogen and oxygen atoms in total. The van der Waals surface area contributed by atoms with Gasteiger partial charge in [0.2, 0.25) is 0 Å². The first-order valence-corrected chi connectivity index (χ1v) is 9.96. The molecule has 1 aliphatic heterocycles. The number of nitrogen functional groups attached to an aromatic ring is 1. The molecule has 30 heavy (non-hydrogen) atoms. The summed E-state index contributed by atoms with van der Waals surface area (Å²) in [6.07, 6.45) is 0. The molecule has 0 radical (unpaired) electrons. The van der Waals surface area contributed by atoms with Crippen molar-refractivity contribution < 1.29 is 9.53 Å².